The highest BCUT2D eigenvalue weighted by Gasteiger charge is 2.16. The summed E-state index contributed by atoms with van der Waals surface area (Å²) in [6.45, 7) is 1.78. The van der Waals surface area contributed by atoms with Crippen molar-refractivity contribution in [3.63, 3.8) is 0 Å². The topological polar surface area (TPSA) is 44.8 Å². The van der Waals surface area contributed by atoms with Gasteiger partial charge in [-0.15, -0.1) is 0 Å². The average Bonchev–Trinajstić information content (AvgIpc) is 2.61. The lowest BCUT2D eigenvalue weighted by molar-refractivity contribution is 0.103. The molecule has 0 N–H and O–H groups in total. The summed E-state index contributed by atoms with van der Waals surface area (Å²) in [7, 11) is 4.68. The van der Waals surface area contributed by atoms with Crippen LogP contribution in [0.25, 0.3) is 6.08 Å². The van der Waals surface area contributed by atoms with Crippen molar-refractivity contribution in [3.05, 3.63) is 59.2 Å². The van der Waals surface area contributed by atoms with E-state index in [2.05, 4.69) is 0 Å². The van der Waals surface area contributed by atoms with Crippen molar-refractivity contribution in [1.29, 1.82) is 0 Å². The normalized spacial score (nSPS) is 11.0. The first kappa shape index (κ1) is 16.6. The third-order valence-corrected chi connectivity index (χ3v) is 3.50. The minimum Gasteiger partial charge on any atom is -0.493 e. The fourth-order valence-corrected chi connectivity index (χ4v) is 2.35. The van der Waals surface area contributed by atoms with E-state index in [4.69, 9.17) is 14.2 Å². The Morgan fingerprint density at radius 1 is 0.870 bits per heavy atom. The first-order chi connectivity index (χ1) is 11.1. The van der Waals surface area contributed by atoms with Crippen LogP contribution in [0.2, 0.25) is 0 Å². The molecule has 120 valence electrons. The fraction of sp³-hybridized carbons (Fsp3) is 0.211. The zero-order valence-corrected chi connectivity index (χ0v) is 13.8. The molecule has 2 rings (SSSR count). The van der Waals surface area contributed by atoms with Crippen molar-refractivity contribution in [3.8, 4) is 17.2 Å². The quantitative estimate of drug-likeness (QED) is 0.597. The van der Waals surface area contributed by atoms with Gasteiger partial charge in [-0.1, -0.05) is 30.3 Å². The SMILES string of the molecule is COc1ccc(C=C(C)C(=O)c2ccccc2)c(OC)c1OC. The van der Waals surface area contributed by atoms with Gasteiger partial charge in [0.1, 0.15) is 0 Å². The van der Waals surface area contributed by atoms with Gasteiger partial charge in [0.15, 0.2) is 17.3 Å². The van der Waals surface area contributed by atoms with Gasteiger partial charge in [0, 0.05) is 11.1 Å². The second-order valence-corrected chi connectivity index (χ2v) is 4.95. The van der Waals surface area contributed by atoms with Gasteiger partial charge in [-0.3, -0.25) is 4.79 Å². The minimum atomic E-state index is -0.0255. The molecule has 0 radical (unpaired) electrons. The largest absolute Gasteiger partial charge is 0.493 e. The number of ether oxygens (including phenoxy) is 3. The summed E-state index contributed by atoms with van der Waals surface area (Å²) in [5, 5.41) is 0. The summed E-state index contributed by atoms with van der Waals surface area (Å²) in [4.78, 5) is 12.5. The third-order valence-electron chi connectivity index (χ3n) is 3.50. The molecule has 0 heterocycles. The molecule has 0 aliphatic carbocycles. The molecule has 0 aromatic heterocycles. The number of methoxy groups -OCH3 is 3. The van der Waals surface area contributed by atoms with Gasteiger partial charge < -0.3 is 14.2 Å². The van der Waals surface area contributed by atoms with Gasteiger partial charge in [-0.2, -0.15) is 0 Å². The lowest BCUT2D eigenvalue weighted by Crippen LogP contribution is -2.01. The Morgan fingerprint density at radius 2 is 1.52 bits per heavy atom. The number of carbonyl (C=O) groups excluding carboxylic acids is 1. The molecule has 23 heavy (non-hydrogen) atoms. The summed E-state index contributed by atoms with van der Waals surface area (Å²) in [6.07, 6.45) is 1.79. The van der Waals surface area contributed by atoms with Crippen LogP contribution in [-0.2, 0) is 0 Å². The Kier molecular flexibility index (Phi) is 5.41. The Morgan fingerprint density at radius 3 is 2.09 bits per heavy atom. The summed E-state index contributed by atoms with van der Waals surface area (Å²) < 4.78 is 16.1. The maximum absolute atomic E-state index is 12.5. The minimum absolute atomic E-state index is 0.0255. The van der Waals surface area contributed by atoms with Crippen LogP contribution in [0.5, 0.6) is 17.2 Å². The second-order valence-electron chi connectivity index (χ2n) is 4.95. The highest BCUT2D eigenvalue weighted by Crippen LogP contribution is 2.40. The summed E-state index contributed by atoms with van der Waals surface area (Å²) in [5.74, 6) is 1.59. The smallest absolute Gasteiger partial charge is 0.203 e. The molecule has 4 heteroatoms. The summed E-state index contributed by atoms with van der Waals surface area (Å²) in [6, 6.07) is 12.8. The molecule has 0 bridgehead atoms. The molecule has 0 saturated carbocycles. The van der Waals surface area contributed by atoms with Gasteiger partial charge in [-0.25, -0.2) is 0 Å². The van der Waals surface area contributed by atoms with Crippen LogP contribution >= 0.6 is 0 Å². The zero-order chi connectivity index (χ0) is 16.8. The zero-order valence-electron chi connectivity index (χ0n) is 13.8. The van der Waals surface area contributed by atoms with Gasteiger partial charge in [0.25, 0.3) is 0 Å². The molecule has 0 fully saturated rings. The van der Waals surface area contributed by atoms with E-state index in [1.54, 1.807) is 52.5 Å². The molecule has 0 spiro atoms. The Bertz CT molecular complexity index is 718. The third kappa shape index (κ3) is 3.54. The predicted octanol–water partition coefficient (Wildman–Crippen LogP) is 4.00. The lowest BCUT2D eigenvalue weighted by atomic mass is 10.0. The van der Waals surface area contributed by atoms with Crippen molar-refractivity contribution in [2.45, 2.75) is 6.92 Å². The van der Waals surface area contributed by atoms with Gasteiger partial charge in [0.2, 0.25) is 5.75 Å². The Labute approximate surface area is 136 Å². The molecule has 0 atom stereocenters. The number of rotatable bonds is 6. The van der Waals surface area contributed by atoms with E-state index in [1.165, 1.54) is 0 Å². The van der Waals surface area contributed by atoms with Crippen LogP contribution in [0.4, 0.5) is 0 Å². The maximum Gasteiger partial charge on any atom is 0.203 e. The summed E-state index contributed by atoms with van der Waals surface area (Å²) in [5.41, 5.74) is 2.02. The number of carbonyl (C=O) groups is 1. The first-order valence-corrected chi connectivity index (χ1v) is 7.19. The Balaban J connectivity index is 2.44. The monoisotopic (exact) mass is 312 g/mol. The maximum atomic E-state index is 12.5. The van der Waals surface area contributed by atoms with Crippen molar-refractivity contribution in [2.24, 2.45) is 0 Å². The summed E-state index contributed by atoms with van der Waals surface area (Å²) >= 11 is 0. The molecular formula is C19H20O4. The second kappa shape index (κ2) is 7.49. The molecule has 0 unspecified atom stereocenters. The first-order valence-electron chi connectivity index (χ1n) is 7.19. The van der Waals surface area contributed by atoms with E-state index in [0.29, 0.717) is 28.4 Å². The van der Waals surface area contributed by atoms with Crippen LogP contribution in [0.1, 0.15) is 22.8 Å². The van der Waals surface area contributed by atoms with E-state index in [0.717, 1.165) is 5.56 Å². The van der Waals surface area contributed by atoms with E-state index in [1.807, 2.05) is 24.3 Å². The molecule has 0 amide bonds. The standard InChI is InChI=1S/C19H20O4/c1-13(17(20)14-8-6-5-7-9-14)12-15-10-11-16(21-2)19(23-4)18(15)22-3/h5-12H,1-4H3. The van der Waals surface area contributed by atoms with Crippen molar-refractivity contribution >= 4 is 11.9 Å². The molecule has 2 aromatic carbocycles. The fourth-order valence-electron chi connectivity index (χ4n) is 2.35. The number of benzene rings is 2. The van der Waals surface area contributed by atoms with Gasteiger partial charge >= 0.3 is 0 Å². The van der Waals surface area contributed by atoms with E-state index >= 15 is 0 Å². The van der Waals surface area contributed by atoms with Gasteiger partial charge in [-0.05, 0) is 30.7 Å². The van der Waals surface area contributed by atoms with Crippen molar-refractivity contribution in [2.75, 3.05) is 21.3 Å². The predicted molar refractivity (Wildman–Crippen MR) is 90.5 cm³/mol. The molecule has 2 aromatic rings. The average molecular weight is 312 g/mol. The molecular weight excluding hydrogens is 292 g/mol. The number of Topliss-reactive ketones (excluding diaryl/α,β-unsaturated/α-hetero) is 1. The highest BCUT2D eigenvalue weighted by atomic mass is 16.5. The van der Waals surface area contributed by atoms with Crippen LogP contribution < -0.4 is 14.2 Å². The number of ketones is 1. The van der Waals surface area contributed by atoms with Crippen molar-refractivity contribution < 1.29 is 19.0 Å². The Hall–Kier alpha value is -2.75. The molecule has 0 aliphatic heterocycles. The van der Waals surface area contributed by atoms with E-state index in [-0.39, 0.29) is 5.78 Å². The molecule has 0 saturated heterocycles. The number of hydrogen-bond acceptors (Lipinski definition) is 4. The van der Waals surface area contributed by atoms with Crippen LogP contribution in [0.15, 0.2) is 48.0 Å². The molecule has 4 nitrogen and oxygen atoms in total. The van der Waals surface area contributed by atoms with E-state index < -0.39 is 0 Å². The van der Waals surface area contributed by atoms with Crippen LogP contribution in [0.3, 0.4) is 0 Å². The highest BCUT2D eigenvalue weighted by molar-refractivity contribution is 6.11. The number of allylic oxidation sites excluding steroid dienone is 1. The van der Waals surface area contributed by atoms with E-state index in [9.17, 15) is 4.79 Å². The lowest BCUT2D eigenvalue weighted by Gasteiger charge is -2.14. The van der Waals surface area contributed by atoms with Crippen LogP contribution in [0, 0.1) is 0 Å². The van der Waals surface area contributed by atoms with Crippen LogP contribution in [-0.4, -0.2) is 27.1 Å². The molecule has 0 aliphatic rings. The van der Waals surface area contributed by atoms with Crippen molar-refractivity contribution in [1.82, 2.24) is 0 Å². The number of hydrogen-bond donors (Lipinski definition) is 0. The van der Waals surface area contributed by atoms with Gasteiger partial charge in [0.05, 0.1) is 21.3 Å².